The second-order valence-electron chi connectivity index (χ2n) is 5.23. The van der Waals surface area contributed by atoms with Crippen molar-refractivity contribution in [3.05, 3.63) is 58.9 Å². The van der Waals surface area contributed by atoms with Crippen LogP contribution in [-0.2, 0) is 0 Å². The number of aryl methyl sites for hydroxylation is 1. The number of halogens is 1. The molecule has 0 unspecified atom stereocenters. The van der Waals surface area contributed by atoms with Gasteiger partial charge in [-0.15, -0.1) is 0 Å². The summed E-state index contributed by atoms with van der Waals surface area (Å²) in [5.41, 5.74) is 2.71. The number of carboxylic acid groups (broad SMARTS) is 1. The Labute approximate surface area is 117 Å². The fraction of sp³-hybridized carbons (Fsp3) is 0.235. The van der Waals surface area contributed by atoms with Crippen molar-refractivity contribution in [3.8, 4) is 11.1 Å². The Kier molecular flexibility index (Phi) is 3.89. The number of hydrogen-bond acceptors (Lipinski definition) is 1. The van der Waals surface area contributed by atoms with E-state index in [2.05, 4.69) is 13.8 Å². The topological polar surface area (TPSA) is 37.3 Å². The summed E-state index contributed by atoms with van der Waals surface area (Å²) in [7, 11) is 0. The summed E-state index contributed by atoms with van der Waals surface area (Å²) in [5, 5.41) is 9.30. The Bertz CT molecular complexity index is 660. The molecule has 0 spiro atoms. The van der Waals surface area contributed by atoms with E-state index in [-0.39, 0.29) is 11.4 Å². The van der Waals surface area contributed by atoms with Crippen LogP contribution in [0.5, 0.6) is 0 Å². The summed E-state index contributed by atoms with van der Waals surface area (Å²) < 4.78 is 13.8. The lowest BCUT2D eigenvalue weighted by Gasteiger charge is -2.11. The van der Waals surface area contributed by atoms with Gasteiger partial charge in [-0.3, -0.25) is 0 Å². The van der Waals surface area contributed by atoms with Crippen molar-refractivity contribution in [1.82, 2.24) is 0 Å². The van der Waals surface area contributed by atoms with Crippen LogP contribution in [0.3, 0.4) is 0 Å². The van der Waals surface area contributed by atoms with E-state index in [0.717, 1.165) is 11.1 Å². The van der Waals surface area contributed by atoms with Crippen LogP contribution < -0.4 is 0 Å². The Morgan fingerprint density at radius 1 is 1.20 bits per heavy atom. The van der Waals surface area contributed by atoms with Crippen LogP contribution in [0.1, 0.15) is 41.3 Å². The molecule has 0 amide bonds. The van der Waals surface area contributed by atoms with Gasteiger partial charge in [-0.25, -0.2) is 9.18 Å². The standard InChI is InChI=1S/C17H17FO2/c1-10(2)12-5-4-6-13(8-12)14-9-16(18)11(3)7-15(14)17(19)20/h4-10H,1-3H3,(H,19,20). The van der Waals surface area contributed by atoms with Crippen LogP contribution in [0.2, 0.25) is 0 Å². The van der Waals surface area contributed by atoms with Crippen LogP contribution in [0.15, 0.2) is 36.4 Å². The molecule has 2 aromatic carbocycles. The fourth-order valence-electron chi connectivity index (χ4n) is 2.16. The molecule has 0 aliphatic rings. The van der Waals surface area contributed by atoms with Gasteiger partial charge in [0.2, 0.25) is 0 Å². The molecule has 0 fully saturated rings. The van der Waals surface area contributed by atoms with Crippen molar-refractivity contribution in [2.75, 3.05) is 0 Å². The van der Waals surface area contributed by atoms with Crippen LogP contribution in [0, 0.1) is 12.7 Å². The van der Waals surface area contributed by atoms with Crippen LogP contribution in [0.4, 0.5) is 4.39 Å². The summed E-state index contributed by atoms with van der Waals surface area (Å²) in [6.45, 7) is 5.69. The highest BCUT2D eigenvalue weighted by Crippen LogP contribution is 2.29. The molecule has 2 nitrogen and oxygen atoms in total. The number of hydrogen-bond donors (Lipinski definition) is 1. The zero-order valence-corrected chi connectivity index (χ0v) is 11.8. The van der Waals surface area contributed by atoms with Gasteiger partial charge in [-0.05, 0) is 47.2 Å². The zero-order valence-electron chi connectivity index (χ0n) is 11.8. The van der Waals surface area contributed by atoms with Gasteiger partial charge in [0.1, 0.15) is 5.82 Å². The number of carboxylic acids is 1. The van der Waals surface area contributed by atoms with Crippen LogP contribution in [0.25, 0.3) is 11.1 Å². The molecule has 0 saturated carbocycles. The first-order valence-corrected chi connectivity index (χ1v) is 6.54. The highest BCUT2D eigenvalue weighted by Gasteiger charge is 2.15. The minimum atomic E-state index is -1.04. The van der Waals surface area contributed by atoms with E-state index in [1.807, 2.05) is 24.3 Å². The minimum absolute atomic E-state index is 0.129. The fourth-order valence-corrected chi connectivity index (χ4v) is 2.16. The normalized spacial score (nSPS) is 10.8. The van der Waals surface area contributed by atoms with Gasteiger partial charge in [0.25, 0.3) is 0 Å². The van der Waals surface area contributed by atoms with E-state index in [1.54, 1.807) is 6.92 Å². The summed E-state index contributed by atoms with van der Waals surface area (Å²) in [5.74, 6) is -1.10. The third-order valence-electron chi connectivity index (χ3n) is 3.39. The van der Waals surface area contributed by atoms with E-state index in [9.17, 15) is 14.3 Å². The van der Waals surface area contributed by atoms with Crippen molar-refractivity contribution in [1.29, 1.82) is 0 Å². The van der Waals surface area contributed by atoms with Gasteiger partial charge in [-0.2, -0.15) is 0 Å². The Hall–Kier alpha value is -2.16. The van der Waals surface area contributed by atoms with Crippen LogP contribution >= 0.6 is 0 Å². The Balaban J connectivity index is 2.65. The molecule has 0 heterocycles. The number of benzene rings is 2. The highest BCUT2D eigenvalue weighted by molar-refractivity contribution is 5.96. The molecule has 104 valence electrons. The third-order valence-corrected chi connectivity index (χ3v) is 3.39. The quantitative estimate of drug-likeness (QED) is 0.885. The van der Waals surface area contributed by atoms with E-state index < -0.39 is 5.97 Å². The second-order valence-corrected chi connectivity index (χ2v) is 5.23. The van der Waals surface area contributed by atoms with Crippen molar-refractivity contribution >= 4 is 5.97 Å². The van der Waals surface area contributed by atoms with Gasteiger partial charge in [0.05, 0.1) is 5.56 Å². The highest BCUT2D eigenvalue weighted by atomic mass is 19.1. The smallest absolute Gasteiger partial charge is 0.336 e. The summed E-state index contributed by atoms with van der Waals surface area (Å²) in [6, 6.07) is 10.3. The van der Waals surface area contributed by atoms with Gasteiger partial charge < -0.3 is 5.11 Å². The summed E-state index contributed by atoms with van der Waals surface area (Å²) in [4.78, 5) is 11.4. The first-order chi connectivity index (χ1) is 9.40. The molecule has 20 heavy (non-hydrogen) atoms. The Morgan fingerprint density at radius 3 is 2.50 bits per heavy atom. The van der Waals surface area contributed by atoms with E-state index in [4.69, 9.17) is 0 Å². The molecule has 0 saturated heterocycles. The first-order valence-electron chi connectivity index (χ1n) is 6.54. The summed E-state index contributed by atoms with van der Waals surface area (Å²) >= 11 is 0. The molecule has 0 bridgehead atoms. The molecule has 0 aliphatic heterocycles. The first kappa shape index (κ1) is 14.3. The molecular formula is C17H17FO2. The molecule has 2 aromatic rings. The van der Waals surface area contributed by atoms with Crippen molar-refractivity contribution < 1.29 is 14.3 Å². The van der Waals surface area contributed by atoms with Crippen molar-refractivity contribution in [3.63, 3.8) is 0 Å². The van der Waals surface area contributed by atoms with Crippen molar-refractivity contribution in [2.24, 2.45) is 0 Å². The SMILES string of the molecule is Cc1cc(C(=O)O)c(-c2cccc(C(C)C)c2)cc1F. The Morgan fingerprint density at radius 2 is 1.90 bits per heavy atom. The molecule has 2 rings (SSSR count). The largest absolute Gasteiger partial charge is 0.478 e. The van der Waals surface area contributed by atoms with Crippen molar-refractivity contribution in [2.45, 2.75) is 26.7 Å². The molecule has 0 atom stereocenters. The minimum Gasteiger partial charge on any atom is -0.478 e. The van der Waals surface area contributed by atoms with E-state index in [1.165, 1.54) is 12.1 Å². The van der Waals surface area contributed by atoms with Gasteiger partial charge in [-0.1, -0.05) is 38.1 Å². The van der Waals surface area contributed by atoms with Crippen LogP contribution in [-0.4, -0.2) is 11.1 Å². The molecular weight excluding hydrogens is 255 g/mol. The lowest BCUT2D eigenvalue weighted by atomic mass is 9.93. The van der Waals surface area contributed by atoms with Gasteiger partial charge in [0, 0.05) is 0 Å². The average Bonchev–Trinajstić information content (AvgIpc) is 2.41. The third kappa shape index (κ3) is 2.72. The zero-order chi connectivity index (χ0) is 14.9. The average molecular weight is 272 g/mol. The molecule has 1 N–H and O–H groups in total. The molecule has 0 aromatic heterocycles. The predicted octanol–water partition coefficient (Wildman–Crippen LogP) is 4.62. The predicted molar refractivity (Wildman–Crippen MR) is 77.6 cm³/mol. The lowest BCUT2D eigenvalue weighted by molar-refractivity contribution is 0.0697. The number of aromatic carboxylic acids is 1. The maximum Gasteiger partial charge on any atom is 0.336 e. The number of carbonyl (C=O) groups is 1. The molecule has 0 aliphatic carbocycles. The monoisotopic (exact) mass is 272 g/mol. The van der Waals surface area contributed by atoms with E-state index in [0.29, 0.717) is 17.0 Å². The summed E-state index contributed by atoms with van der Waals surface area (Å²) in [6.07, 6.45) is 0. The second kappa shape index (κ2) is 5.45. The molecule has 0 radical (unpaired) electrons. The van der Waals surface area contributed by atoms with Gasteiger partial charge in [0.15, 0.2) is 0 Å². The van der Waals surface area contributed by atoms with Gasteiger partial charge >= 0.3 is 5.97 Å². The number of rotatable bonds is 3. The maximum absolute atomic E-state index is 13.8. The molecule has 3 heteroatoms. The van der Waals surface area contributed by atoms with E-state index >= 15 is 0 Å². The lowest BCUT2D eigenvalue weighted by Crippen LogP contribution is -2.02. The maximum atomic E-state index is 13.8.